The van der Waals surface area contributed by atoms with E-state index in [1.54, 1.807) is 36.4 Å². The van der Waals surface area contributed by atoms with E-state index in [2.05, 4.69) is 5.32 Å². The monoisotopic (exact) mass is 455 g/mol. The number of rotatable bonds is 4. The first-order valence-corrected chi connectivity index (χ1v) is 10.5. The highest BCUT2D eigenvalue weighted by atomic mass is 19.1. The lowest BCUT2D eigenvalue weighted by Gasteiger charge is -2.08. The predicted molar refractivity (Wildman–Crippen MR) is 126 cm³/mol. The molecule has 1 amide bonds. The number of carbonyl (C=O) groups is 2. The van der Waals surface area contributed by atoms with Crippen molar-refractivity contribution in [1.29, 1.82) is 0 Å². The Bertz CT molecular complexity index is 1660. The molecular formula is C27H18FNO5. The third kappa shape index (κ3) is 3.67. The Morgan fingerprint density at radius 2 is 1.53 bits per heavy atom. The Labute approximate surface area is 192 Å². The molecular weight excluding hydrogens is 437 g/mol. The van der Waals surface area contributed by atoms with Gasteiger partial charge in [0.25, 0.3) is 5.91 Å². The quantitative estimate of drug-likeness (QED) is 0.347. The number of carbonyl (C=O) groups excluding carboxylic acids is 2. The molecule has 0 atom stereocenters. The van der Waals surface area contributed by atoms with E-state index in [0.717, 1.165) is 17.2 Å². The van der Waals surface area contributed by atoms with Crippen LogP contribution in [0.15, 0.2) is 80.4 Å². The minimum atomic E-state index is -0.711. The van der Waals surface area contributed by atoms with Crippen LogP contribution in [0.4, 0.5) is 10.1 Å². The molecule has 2 aromatic heterocycles. The lowest BCUT2D eigenvalue weighted by atomic mass is 10.1. The molecule has 0 bridgehead atoms. The van der Waals surface area contributed by atoms with E-state index in [4.69, 9.17) is 8.83 Å². The molecule has 0 aliphatic carbocycles. The summed E-state index contributed by atoms with van der Waals surface area (Å²) in [6.45, 7) is 3.77. The van der Waals surface area contributed by atoms with Gasteiger partial charge in [-0.15, -0.1) is 0 Å². The summed E-state index contributed by atoms with van der Waals surface area (Å²) in [5, 5.41) is 3.54. The summed E-state index contributed by atoms with van der Waals surface area (Å²) in [5.74, 6) is -2.04. The number of halogens is 1. The van der Waals surface area contributed by atoms with E-state index in [-0.39, 0.29) is 28.2 Å². The number of benzene rings is 3. The molecule has 0 saturated carbocycles. The van der Waals surface area contributed by atoms with E-state index < -0.39 is 17.5 Å². The van der Waals surface area contributed by atoms with Gasteiger partial charge >= 0.3 is 0 Å². The number of anilines is 1. The fourth-order valence-electron chi connectivity index (χ4n) is 3.76. The number of nitrogens with one attached hydrogen (secondary N) is 1. The maximum absolute atomic E-state index is 13.3. The highest BCUT2D eigenvalue weighted by Gasteiger charge is 2.25. The molecule has 0 unspecified atom stereocenters. The van der Waals surface area contributed by atoms with Crippen LogP contribution in [0.5, 0.6) is 0 Å². The molecule has 168 valence electrons. The van der Waals surface area contributed by atoms with Crippen LogP contribution in [0.2, 0.25) is 0 Å². The topological polar surface area (TPSA) is 89.5 Å². The Morgan fingerprint density at radius 1 is 0.824 bits per heavy atom. The van der Waals surface area contributed by atoms with Gasteiger partial charge in [0.05, 0.1) is 11.1 Å². The molecule has 7 heteroatoms. The summed E-state index contributed by atoms with van der Waals surface area (Å²) >= 11 is 0. The fourth-order valence-corrected chi connectivity index (χ4v) is 3.76. The standard InChI is InChI=1S/C27H18FNO5/c1-14-11-19-20(30)13-23(33-22(19)12-15(14)2)27(32)29-24-18-5-3-4-6-21(18)34-26(24)25(31)16-7-9-17(28)10-8-16/h3-13H,1-2H3,(H,29,32). The molecule has 6 nitrogen and oxygen atoms in total. The highest BCUT2D eigenvalue weighted by molar-refractivity contribution is 6.18. The van der Waals surface area contributed by atoms with Crippen LogP contribution in [0.25, 0.3) is 21.9 Å². The molecule has 0 fully saturated rings. The van der Waals surface area contributed by atoms with Gasteiger partial charge in [0.1, 0.15) is 17.0 Å². The molecule has 1 N–H and O–H groups in total. The van der Waals surface area contributed by atoms with Gasteiger partial charge < -0.3 is 14.2 Å². The fraction of sp³-hybridized carbons (Fsp3) is 0.0741. The van der Waals surface area contributed by atoms with Crippen molar-refractivity contribution < 1.29 is 22.8 Å². The number of amides is 1. The lowest BCUT2D eigenvalue weighted by molar-refractivity contribution is 0.0997. The van der Waals surface area contributed by atoms with E-state index in [0.29, 0.717) is 21.9 Å². The zero-order valence-electron chi connectivity index (χ0n) is 18.3. The van der Waals surface area contributed by atoms with E-state index in [1.807, 2.05) is 13.8 Å². The average Bonchev–Trinajstić information content (AvgIpc) is 3.18. The first-order valence-electron chi connectivity index (χ1n) is 10.5. The van der Waals surface area contributed by atoms with Gasteiger partial charge in [-0.05, 0) is 73.5 Å². The van der Waals surface area contributed by atoms with Crippen molar-refractivity contribution >= 4 is 39.3 Å². The molecule has 0 saturated heterocycles. The summed E-state index contributed by atoms with van der Waals surface area (Å²) in [6, 6.07) is 16.4. The van der Waals surface area contributed by atoms with Gasteiger partial charge in [-0.2, -0.15) is 0 Å². The number of hydrogen-bond donors (Lipinski definition) is 1. The van der Waals surface area contributed by atoms with E-state index in [9.17, 15) is 18.8 Å². The van der Waals surface area contributed by atoms with Crippen molar-refractivity contribution in [2.75, 3.05) is 5.32 Å². The van der Waals surface area contributed by atoms with Gasteiger partial charge in [-0.1, -0.05) is 12.1 Å². The average molecular weight is 455 g/mol. The molecule has 0 radical (unpaired) electrons. The number of ketones is 1. The minimum Gasteiger partial charge on any atom is -0.451 e. The first-order chi connectivity index (χ1) is 16.3. The van der Waals surface area contributed by atoms with Crippen LogP contribution < -0.4 is 10.7 Å². The smallest absolute Gasteiger partial charge is 0.291 e. The SMILES string of the molecule is Cc1cc2oc(C(=O)Nc3c(C(=O)c4ccc(F)cc4)oc4ccccc34)cc(=O)c2cc1C. The van der Waals surface area contributed by atoms with Crippen LogP contribution in [0.1, 0.15) is 37.8 Å². The van der Waals surface area contributed by atoms with Crippen LogP contribution in [0, 0.1) is 19.7 Å². The second-order valence-electron chi connectivity index (χ2n) is 8.00. The Balaban J connectivity index is 1.58. The first kappa shape index (κ1) is 21.3. The number of fused-ring (bicyclic) bond motifs is 2. The number of para-hydroxylation sites is 1. The summed E-state index contributed by atoms with van der Waals surface area (Å²) < 4.78 is 24.8. The Hall–Kier alpha value is -4.52. The van der Waals surface area contributed by atoms with Crippen molar-refractivity contribution in [3.05, 3.63) is 111 Å². The molecule has 0 aliphatic rings. The summed E-state index contributed by atoms with van der Waals surface area (Å²) in [7, 11) is 0. The second kappa shape index (κ2) is 8.12. The zero-order valence-corrected chi connectivity index (χ0v) is 18.3. The normalized spacial score (nSPS) is 11.1. The molecule has 5 aromatic rings. The van der Waals surface area contributed by atoms with Gasteiger partial charge in [0.15, 0.2) is 16.9 Å². The number of furan rings is 1. The summed E-state index contributed by atoms with van der Waals surface area (Å²) in [4.78, 5) is 38.9. The molecule has 2 heterocycles. The maximum atomic E-state index is 13.3. The number of hydrogen-bond acceptors (Lipinski definition) is 5. The highest BCUT2D eigenvalue weighted by Crippen LogP contribution is 2.33. The predicted octanol–water partition coefficient (Wildman–Crippen LogP) is 5.78. The van der Waals surface area contributed by atoms with Crippen LogP contribution in [-0.4, -0.2) is 11.7 Å². The van der Waals surface area contributed by atoms with Crippen molar-refractivity contribution in [3.8, 4) is 0 Å². The van der Waals surface area contributed by atoms with Crippen molar-refractivity contribution in [2.24, 2.45) is 0 Å². The van der Waals surface area contributed by atoms with E-state index >= 15 is 0 Å². The van der Waals surface area contributed by atoms with Crippen LogP contribution in [-0.2, 0) is 0 Å². The minimum absolute atomic E-state index is 0.115. The Morgan fingerprint density at radius 3 is 2.29 bits per heavy atom. The van der Waals surface area contributed by atoms with Crippen LogP contribution >= 0.6 is 0 Å². The molecule has 5 rings (SSSR count). The van der Waals surface area contributed by atoms with Gasteiger partial charge in [-0.25, -0.2) is 4.39 Å². The Kier molecular flexibility index (Phi) is 5.09. The van der Waals surface area contributed by atoms with E-state index in [1.165, 1.54) is 24.3 Å². The van der Waals surface area contributed by atoms with Gasteiger partial charge in [-0.3, -0.25) is 14.4 Å². The van der Waals surface area contributed by atoms with Crippen molar-refractivity contribution in [3.63, 3.8) is 0 Å². The molecule has 0 spiro atoms. The lowest BCUT2D eigenvalue weighted by Crippen LogP contribution is -2.16. The second-order valence-corrected chi connectivity index (χ2v) is 8.00. The summed E-state index contributed by atoms with van der Waals surface area (Å²) in [6.07, 6.45) is 0. The van der Waals surface area contributed by atoms with Gasteiger partial charge in [0.2, 0.25) is 5.78 Å². The molecule has 3 aromatic carbocycles. The maximum Gasteiger partial charge on any atom is 0.291 e. The third-order valence-corrected chi connectivity index (χ3v) is 5.71. The van der Waals surface area contributed by atoms with Gasteiger partial charge in [0, 0.05) is 17.0 Å². The van der Waals surface area contributed by atoms with Crippen molar-refractivity contribution in [1.82, 2.24) is 0 Å². The molecule has 0 aliphatic heterocycles. The van der Waals surface area contributed by atoms with Crippen molar-refractivity contribution in [2.45, 2.75) is 13.8 Å². The summed E-state index contributed by atoms with van der Waals surface area (Å²) in [5.41, 5.74) is 2.51. The van der Waals surface area contributed by atoms with Crippen LogP contribution in [0.3, 0.4) is 0 Å². The molecule has 34 heavy (non-hydrogen) atoms. The number of aryl methyl sites for hydroxylation is 2. The zero-order chi connectivity index (χ0) is 24.0. The third-order valence-electron chi connectivity index (χ3n) is 5.71. The largest absolute Gasteiger partial charge is 0.451 e.